The van der Waals surface area contributed by atoms with Gasteiger partial charge in [-0.15, -0.1) is 11.8 Å². The van der Waals surface area contributed by atoms with E-state index in [0.29, 0.717) is 54.8 Å². The number of thioether (sulfide) groups is 1. The molecule has 1 saturated heterocycles. The summed E-state index contributed by atoms with van der Waals surface area (Å²) in [4.78, 5) is 21.5. The van der Waals surface area contributed by atoms with Gasteiger partial charge in [0.05, 0.1) is 16.9 Å². The Labute approximate surface area is 164 Å². The fourth-order valence-corrected chi connectivity index (χ4v) is 4.34. The fourth-order valence-electron chi connectivity index (χ4n) is 3.19. The molecular formula is C18H24N4O3S2. The number of hydrogen-bond donors (Lipinski definition) is 0. The highest BCUT2D eigenvalue weighted by Gasteiger charge is 2.30. The van der Waals surface area contributed by atoms with Crippen molar-refractivity contribution in [3.63, 3.8) is 0 Å². The molecule has 1 saturated carbocycles. The lowest BCUT2D eigenvalue weighted by atomic mass is 10.1. The molecule has 0 aromatic carbocycles. The second-order valence-corrected chi connectivity index (χ2v) is 10.2. The Kier molecular flexibility index (Phi) is 6.08. The van der Waals surface area contributed by atoms with Gasteiger partial charge in [-0.2, -0.15) is 5.26 Å². The van der Waals surface area contributed by atoms with Crippen molar-refractivity contribution >= 4 is 27.5 Å². The number of carbonyl (C=O) groups excluding carboxylic acids is 1. The Balaban J connectivity index is 1.73. The topological polar surface area (TPSA) is 94.4 Å². The smallest absolute Gasteiger partial charge is 0.255 e. The molecule has 1 aromatic heterocycles. The lowest BCUT2D eigenvalue weighted by molar-refractivity contribution is 0.0643. The van der Waals surface area contributed by atoms with E-state index in [1.54, 1.807) is 11.0 Å². The normalized spacial score (nSPS) is 18.3. The number of carbonyl (C=O) groups is 1. The third kappa shape index (κ3) is 5.00. The van der Waals surface area contributed by atoms with Crippen LogP contribution in [0, 0.1) is 11.3 Å². The monoisotopic (exact) mass is 408 g/mol. The second-order valence-electron chi connectivity index (χ2n) is 7.13. The van der Waals surface area contributed by atoms with Crippen LogP contribution in [0.2, 0.25) is 0 Å². The van der Waals surface area contributed by atoms with Crippen LogP contribution in [0.1, 0.15) is 40.4 Å². The maximum Gasteiger partial charge on any atom is 0.255 e. The van der Waals surface area contributed by atoms with E-state index in [-0.39, 0.29) is 11.7 Å². The van der Waals surface area contributed by atoms with Crippen LogP contribution in [-0.2, 0) is 9.84 Å². The molecule has 0 N–H and O–H groups in total. The van der Waals surface area contributed by atoms with Crippen LogP contribution in [-0.4, -0.2) is 80.1 Å². The molecule has 0 atom stereocenters. The summed E-state index contributed by atoms with van der Waals surface area (Å²) < 4.78 is 22.6. The van der Waals surface area contributed by atoms with Crippen molar-refractivity contribution in [3.05, 3.63) is 22.9 Å². The van der Waals surface area contributed by atoms with Crippen molar-refractivity contribution < 1.29 is 13.2 Å². The van der Waals surface area contributed by atoms with E-state index in [9.17, 15) is 18.5 Å². The molecule has 146 valence electrons. The van der Waals surface area contributed by atoms with Gasteiger partial charge in [0, 0.05) is 50.6 Å². The van der Waals surface area contributed by atoms with E-state index in [1.807, 2.05) is 6.26 Å². The van der Waals surface area contributed by atoms with Crippen LogP contribution in [0.3, 0.4) is 0 Å². The van der Waals surface area contributed by atoms with Crippen LogP contribution >= 0.6 is 11.8 Å². The first kappa shape index (κ1) is 20.1. The summed E-state index contributed by atoms with van der Waals surface area (Å²) in [6, 6.07) is 3.96. The SMILES string of the molecule is CSc1nc(C2CC2)cc(C(=O)N2CCN(CCS(C)(=O)=O)CC2)c1C#N. The van der Waals surface area contributed by atoms with Gasteiger partial charge >= 0.3 is 0 Å². The van der Waals surface area contributed by atoms with Crippen molar-refractivity contribution in [2.45, 2.75) is 23.8 Å². The summed E-state index contributed by atoms with van der Waals surface area (Å²) in [5.41, 5.74) is 1.72. The number of pyridine rings is 1. The predicted octanol–water partition coefficient (Wildman–Crippen LogP) is 1.35. The number of piperazine rings is 1. The summed E-state index contributed by atoms with van der Waals surface area (Å²) in [6.07, 6.45) is 5.27. The van der Waals surface area contributed by atoms with Crippen LogP contribution in [0.15, 0.2) is 11.1 Å². The van der Waals surface area contributed by atoms with Gasteiger partial charge in [-0.3, -0.25) is 9.69 Å². The van der Waals surface area contributed by atoms with Gasteiger partial charge in [0.2, 0.25) is 0 Å². The largest absolute Gasteiger partial charge is 0.336 e. The average molecular weight is 409 g/mol. The Morgan fingerprint density at radius 2 is 2.00 bits per heavy atom. The van der Waals surface area contributed by atoms with E-state index < -0.39 is 9.84 Å². The molecule has 0 bridgehead atoms. The molecule has 1 aromatic rings. The number of rotatable bonds is 6. The van der Waals surface area contributed by atoms with Gasteiger partial charge in [-0.05, 0) is 25.2 Å². The molecule has 2 heterocycles. The zero-order chi connectivity index (χ0) is 19.6. The second kappa shape index (κ2) is 8.17. The van der Waals surface area contributed by atoms with Gasteiger partial charge in [0.25, 0.3) is 5.91 Å². The first-order chi connectivity index (χ1) is 12.8. The summed E-state index contributed by atoms with van der Waals surface area (Å²) in [7, 11) is -2.99. The first-order valence-corrected chi connectivity index (χ1v) is 12.3. The average Bonchev–Trinajstić information content (AvgIpc) is 3.49. The molecule has 1 aliphatic carbocycles. The maximum atomic E-state index is 13.1. The minimum Gasteiger partial charge on any atom is -0.336 e. The van der Waals surface area contributed by atoms with E-state index in [0.717, 1.165) is 18.5 Å². The molecule has 9 heteroatoms. The maximum absolute atomic E-state index is 13.1. The van der Waals surface area contributed by atoms with Crippen LogP contribution in [0.25, 0.3) is 0 Å². The van der Waals surface area contributed by atoms with Gasteiger partial charge in [-0.1, -0.05) is 0 Å². The number of amides is 1. The Bertz CT molecular complexity index is 867. The van der Waals surface area contributed by atoms with Crippen molar-refractivity contribution in [2.75, 3.05) is 51.0 Å². The molecule has 27 heavy (non-hydrogen) atoms. The molecule has 0 radical (unpaired) electrons. The molecular weight excluding hydrogens is 384 g/mol. The van der Waals surface area contributed by atoms with E-state index in [2.05, 4.69) is 16.0 Å². The van der Waals surface area contributed by atoms with Crippen molar-refractivity contribution in [2.24, 2.45) is 0 Å². The Morgan fingerprint density at radius 3 is 2.52 bits per heavy atom. The summed E-state index contributed by atoms with van der Waals surface area (Å²) >= 11 is 1.40. The van der Waals surface area contributed by atoms with Gasteiger partial charge in [-0.25, -0.2) is 13.4 Å². The predicted molar refractivity (Wildman–Crippen MR) is 105 cm³/mol. The van der Waals surface area contributed by atoms with Crippen LogP contribution in [0.5, 0.6) is 0 Å². The summed E-state index contributed by atoms with van der Waals surface area (Å²) in [6.45, 7) is 2.83. The standard InChI is InChI=1S/C18H24N4O3S2/c1-26-17-15(12-19)14(11-16(20-17)13-3-4-13)18(23)22-7-5-21(6-8-22)9-10-27(2,24)25/h11,13H,3-10H2,1-2H3. The molecule has 2 aliphatic rings. The highest BCUT2D eigenvalue weighted by atomic mass is 32.2. The molecule has 7 nitrogen and oxygen atoms in total. The van der Waals surface area contributed by atoms with Crippen molar-refractivity contribution in [1.82, 2.24) is 14.8 Å². The van der Waals surface area contributed by atoms with Gasteiger partial charge < -0.3 is 4.90 Å². The molecule has 0 spiro atoms. The van der Waals surface area contributed by atoms with Crippen LogP contribution in [0.4, 0.5) is 0 Å². The number of nitrogens with zero attached hydrogens (tertiary/aromatic N) is 4. The van der Waals surface area contributed by atoms with Crippen molar-refractivity contribution in [1.29, 1.82) is 5.26 Å². The lowest BCUT2D eigenvalue weighted by Crippen LogP contribution is -2.49. The molecule has 0 unspecified atom stereocenters. The zero-order valence-electron chi connectivity index (χ0n) is 15.6. The number of aromatic nitrogens is 1. The third-order valence-electron chi connectivity index (χ3n) is 4.98. The Morgan fingerprint density at radius 1 is 1.33 bits per heavy atom. The lowest BCUT2D eigenvalue weighted by Gasteiger charge is -2.34. The van der Waals surface area contributed by atoms with E-state index >= 15 is 0 Å². The van der Waals surface area contributed by atoms with Gasteiger partial charge in [0.1, 0.15) is 20.9 Å². The zero-order valence-corrected chi connectivity index (χ0v) is 17.3. The summed E-state index contributed by atoms with van der Waals surface area (Å²) in [5.74, 6) is 0.406. The molecule has 1 aliphatic heterocycles. The fraction of sp³-hybridized carbons (Fsp3) is 0.611. The Hall–Kier alpha value is -1.63. The van der Waals surface area contributed by atoms with Crippen LogP contribution < -0.4 is 0 Å². The van der Waals surface area contributed by atoms with Crippen molar-refractivity contribution in [3.8, 4) is 6.07 Å². The minimum atomic E-state index is -2.99. The molecule has 1 amide bonds. The third-order valence-corrected chi connectivity index (χ3v) is 6.58. The van der Waals surface area contributed by atoms with E-state index in [1.165, 1.54) is 18.0 Å². The first-order valence-electron chi connectivity index (χ1n) is 9.00. The number of hydrogen-bond acceptors (Lipinski definition) is 7. The minimum absolute atomic E-state index is 0.131. The van der Waals surface area contributed by atoms with Gasteiger partial charge in [0.15, 0.2) is 0 Å². The highest BCUT2D eigenvalue weighted by Crippen LogP contribution is 2.40. The molecule has 3 rings (SSSR count). The quantitative estimate of drug-likeness (QED) is 0.656. The number of nitriles is 1. The highest BCUT2D eigenvalue weighted by molar-refractivity contribution is 7.98. The number of sulfone groups is 1. The molecule has 2 fully saturated rings. The summed E-state index contributed by atoms with van der Waals surface area (Å²) in [5, 5.41) is 10.2. The van der Waals surface area contributed by atoms with E-state index in [4.69, 9.17) is 0 Å².